The zero-order valence-corrected chi connectivity index (χ0v) is 22.7. The van der Waals surface area contributed by atoms with E-state index >= 15 is 0 Å². The van der Waals surface area contributed by atoms with Gasteiger partial charge in [0.25, 0.3) is 5.56 Å². The van der Waals surface area contributed by atoms with Crippen LogP contribution in [-0.2, 0) is 10.3 Å². The molecule has 4 aromatic rings. The first-order valence-electron chi connectivity index (χ1n) is 12.0. The molecule has 7 heteroatoms. The van der Waals surface area contributed by atoms with Crippen LogP contribution in [0.5, 0.6) is 0 Å². The Balaban J connectivity index is 1.56. The van der Waals surface area contributed by atoms with Crippen LogP contribution in [0.3, 0.4) is 0 Å². The van der Waals surface area contributed by atoms with Crippen molar-refractivity contribution < 1.29 is 9.53 Å². The molecule has 2 aromatic carbocycles. The SMILES string of the molecule is CC(C)(C)NC(=O)OC1(c2ccc(-c3nc4c(I)c[nH]c(=O)c4cc3-c3ccccc3)cc2)CCC1. The molecule has 1 saturated carbocycles. The third-order valence-corrected chi connectivity index (χ3v) is 7.34. The summed E-state index contributed by atoms with van der Waals surface area (Å²) in [6.45, 7) is 5.81. The first-order chi connectivity index (χ1) is 17.2. The molecule has 1 aliphatic rings. The Morgan fingerprint density at radius 1 is 1.06 bits per heavy atom. The fourth-order valence-corrected chi connectivity index (χ4v) is 5.16. The smallest absolute Gasteiger partial charge is 0.408 e. The molecule has 1 fully saturated rings. The molecule has 1 aliphatic carbocycles. The van der Waals surface area contributed by atoms with E-state index in [1.807, 2.05) is 81.4 Å². The van der Waals surface area contributed by atoms with Gasteiger partial charge in [-0.1, -0.05) is 54.6 Å². The molecule has 6 nitrogen and oxygen atoms in total. The minimum atomic E-state index is -0.602. The zero-order valence-electron chi connectivity index (χ0n) is 20.5. The third-order valence-electron chi connectivity index (χ3n) is 6.52. The van der Waals surface area contributed by atoms with Gasteiger partial charge in [0.05, 0.1) is 20.2 Å². The van der Waals surface area contributed by atoms with E-state index in [1.165, 1.54) is 0 Å². The van der Waals surface area contributed by atoms with E-state index < -0.39 is 11.7 Å². The third kappa shape index (κ3) is 4.76. The van der Waals surface area contributed by atoms with Crippen molar-refractivity contribution in [3.8, 4) is 22.4 Å². The fourth-order valence-electron chi connectivity index (χ4n) is 4.59. The van der Waals surface area contributed by atoms with Crippen molar-refractivity contribution in [1.29, 1.82) is 0 Å². The average molecular weight is 593 g/mol. The first kappa shape index (κ1) is 24.5. The van der Waals surface area contributed by atoms with Crippen LogP contribution in [0.1, 0.15) is 45.6 Å². The molecular formula is C29H28IN3O3. The number of nitrogens with zero attached hydrogens (tertiary/aromatic N) is 1. The highest BCUT2D eigenvalue weighted by Crippen LogP contribution is 2.45. The summed E-state index contributed by atoms with van der Waals surface area (Å²) >= 11 is 2.20. The Kier molecular flexibility index (Phi) is 6.36. The predicted molar refractivity (Wildman–Crippen MR) is 151 cm³/mol. The molecule has 2 heterocycles. The number of alkyl carbamates (subject to hydrolysis) is 1. The van der Waals surface area contributed by atoms with Crippen molar-refractivity contribution >= 4 is 39.6 Å². The summed E-state index contributed by atoms with van der Waals surface area (Å²) in [5.41, 5.74) is 4.16. The number of aromatic nitrogens is 2. The van der Waals surface area contributed by atoms with Gasteiger partial charge in [-0.15, -0.1) is 0 Å². The summed E-state index contributed by atoms with van der Waals surface area (Å²) in [7, 11) is 0. The van der Waals surface area contributed by atoms with Gasteiger partial charge in [0.15, 0.2) is 0 Å². The predicted octanol–water partition coefficient (Wildman–Crippen LogP) is 6.77. The van der Waals surface area contributed by atoms with Gasteiger partial charge in [0.2, 0.25) is 0 Å². The summed E-state index contributed by atoms with van der Waals surface area (Å²) in [4.78, 5) is 32.9. The Morgan fingerprint density at radius 3 is 2.36 bits per heavy atom. The molecule has 0 aliphatic heterocycles. The summed E-state index contributed by atoms with van der Waals surface area (Å²) < 4.78 is 6.84. The Morgan fingerprint density at radius 2 is 1.75 bits per heavy atom. The van der Waals surface area contributed by atoms with Crippen LogP contribution >= 0.6 is 22.6 Å². The maximum absolute atomic E-state index is 12.6. The number of rotatable bonds is 4. The summed E-state index contributed by atoms with van der Waals surface area (Å²) in [6, 6.07) is 20.0. The molecule has 0 unspecified atom stereocenters. The Hall–Kier alpha value is -3.20. The average Bonchev–Trinajstić information content (AvgIpc) is 2.83. The molecule has 0 saturated heterocycles. The lowest BCUT2D eigenvalue weighted by Crippen LogP contribution is -2.47. The lowest BCUT2D eigenvalue weighted by molar-refractivity contribution is -0.0549. The van der Waals surface area contributed by atoms with Gasteiger partial charge in [-0.05, 0) is 79.8 Å². The number of ether oxygens (including phenoxy) is 1. The molecule has 0 spiro atoms. The second kappa shape index (κ2) is 9.35. The van der Waals surface area contributed by atoms with Crippen molar-refractivity contribution in [2.24, 2.45) is 0 Å². The Bertz CT molecular complexity index is 1480. The molecule has 2 aromatic heterocycles. The summed E-state index contributed by atoms with van der Waals surface area (Å²) in [5.74, 6) is 0. The lowest BCUT2D eigenvalue weighted by Gasteiger charge is -2.42. The van der Waals surface area contributed by atoms with Crippen molar-refractivity contribution in [1.82, 2.24) is 15.3 Å². The molecule has 184 valence electrons. The standard InChI is InChI=1S/C29H28IN3O3/c1-28(2,3)33-27(35)36-29(14-7-15-29)20-12-10-19(11-13-20)24-21(18-8-5-4-6-9-18)16-22-25(32-24)23(30)17-31-26(22)34/h4-6,8-13,16-17H,7,14-15H2,1-3H3,(H,31,34)(H,33,35). The number of nitrogens with one attached hydrogen (secondary N) is 2. The van der Waals surface area contributed by atoms with Crippen LogP contribution in [0.15, 0.2) is 71.7 Å². The van der Waals surface area contributed by atoms with Gasteiger partial charge in [-0.3, -0.25) is 4.79 Å². The van der Waals surface area contributed by atoms with Crippen LogP contribution < -0.4 is 10.9 Å². The number of carbonyl (C=O) groups is 1. The van der Waals surface area contributed by atoms with Gasteiger partial charge >= 0.3 is 6.09 Å². The normalized spacial score (nSPS) is 14.8. The van der Waals surface area contributed by atoms with Crippen LogP contribution in [0, 0.1) is 3.57 Å². The number of hydrogen-bond acceptors (Lipinski definition) is 4. The largest absolute Gasteiger partial charge is 0.438 e. The van der Waals surface area contributed by atoms with Crippen molar-refractivity contribution in [3.05, 3.63) is 86.3 Å². The summed E-state index contributed by atoms with van der Waals surface area (Å²) in [5, 5.41) is 3.47. The topological polar surface area (TPSA) is 84.1 Å². The van der Waals surface area contributed by atoms with E-state index in [0.29, 0.717) is 10.9 Å². The molecule has 0 bridgehead atoms. The van der Waals surface area contributed by atoms with E-state index in [1.54, 1.807) is 6.20 Å². The van der Waals surface area contributed by atoms with Crippen molar-refractivity contribution in [2.75, 3.05) is 0 Å². The number of hydrogen-bond donors (Lipinski definition) is 2. The van der Waals surface area contributed by atoms with E-state index in [-0.39, 0.29) is 11.1 Å². The number of carbonyl (C=O) groups excluding carboxylic acids is 1. The molecule has 2 N–H and O–H groups in total. The maximum Gasteiger partial charge on any atom is 0.408 e. The highest BCUT2D eigenvalue weighted by molar-refractivity contribution is 14.1. The molecule has 0 radical (unpaired) electrons. The van der Waals surface area contributed by atoms with Crippen LogP contribution in [-0.4, -0.2) is 21.6 Å². The van der Waals surface area contributed by atoms with Crippen LogP contribution in [0.4, 0.5) is 4.79 Å². The second-order valence-electron chi connectivity index (χ2n) is 10.3. The molecule has 0 atom stereocenters. The van der Waals surface area contributed by atoms with Gasteiger partial charge in [-0.25, -0.2) is 9.78 Å². The first-order valence-corrected chi connectivity index (χ1v) is 13.1. The number of aromatic amines is 1. The quantitative estimate of drug-likeness (QED) is 0.256. The van der Waals surface area contributed by atoms with Gasteiger partial charge in [-0.2, -0.15) is 0 Å². The minimum absolute atomic E-state index is 0.158. The van der Waals surface area contributed by atoms with Gasteiger partial charge < -0.3 is 15.0 Å². The molecular weight excluding hydrogens is 565 g/mol. The highest BCUT2D eigenvalue weighted by Gasteiger charge is 2.43. The van der Waals surface area contributed by atoms with Crippen LogP contribution in [0.2, 0.25) is 0 Å². The number of amides is 1. The monoisotopic (exact) mass is 593 g/mol. The maximum atomic E-state index is 12.6. The van der Waals surface area contributed by atoms with Crippen LogP contribution in [0.25, 0.3) is 33.3 Å². The Labute approximate surface area is 223 Å². The van der Waals surface area contributed by atoms with Crippen molar-refractivity contribution in [3.63, 3.8) is 0 Å². The van der Waals surface area contributed by atoms with Crippen molar-refractivity contribution in [2.45, 2.75) is 51.2 Å². The lowest BCUT2D eigenvalue weighted by atomic mass is 9.74. The number of fused-ring (bicyclic) bond motifs is 1. The highest BCUT2D eigenvalue weighted by atomic mass is 127. The number of benzene rings is 2. The van der Waals surface area contributed by atoms with E-state index in [4.69, 9.17) is 9.72 Å². The van der Waals surface area contributed by atoms with Gasteiger partial charge in [0, 0.05) is 22.9 Å². The van der Waals surface area contributed by atoms with E-state index in [0.717, 1.165) is 50.8 Å². The molecule has 36 heavy (non-hydrogen) atoms. The second-order valence-corrected chi connectivity index (χ2v) is 11.5. The fraction of sp³-hybridized carbons (Fsp3) is 0.276. The number of H-pyrrole nitrogens is 1. The van der Waals surface area contributed by atoms with E-state index in [2.05, 4.69) is 32.9 Å². The summed E-state index contributed by atoms with van der Waals surface area (Å²) in [6.07, 6.45) is 3.91. The molecule has 5 rings (SSSR count). The number of pyridine rings is 2. The molecule has 1 amide bonds. The van der Waals surface area contributed by atoms with E-state index in [9.17, 15) is 9.59 Å². The zero-order chi connectivity index (χ0) is 25.5. The van der Waals surface area contributed by atoms with Gasteiger partial charge in [0.1, 0.15) is 5.60 Å². The minimum Gasteiger partial charge on any atom is -0.438 e. The number of halogens is 1.